The van der Waals surface area contributed by atoms with E-state index >= 15 is 0 Å². The van der Waals surface area contributed by atoms with E-state index in [1.165, 1.54) is 6.33 Å². The summed E-state index contributed by atoms with van der Waals surface area (Å²) in [4.78, 5) is 33.5. The van der Waals surface area contributed by atoms with E-state index in [1.54, 1.807) is 6.92 Å². The molecule has 9 nitrogen and oxygen atoms in total. The highest BCUT2D eigenvalue weighted by molar-refractivity contribution is 5.75. The van der Waals surface area contributed by atoms with Crippen LogP contribution in [0.5, 0.6) is 0 Å². The normalized spacial score (nSPS) is 20.8. The minimum atomic E-state index is -0.430. The molecule has 1 saturated heterocycles. The molecule has 2 fully saturated rings. The first kappa shape index (κ1) is 18.3. The second-order valence-electron chi connectivity index (χ2n) is 6.81. The zero-order valence-corrected chi connectivity index (χ0v) is 15.0. The Morgan fingerprint density at radius 1 is 1.35 bits per heavy atom. The molecule has 1 N–H and O–H groups in total. The third-order valence-corrected chi connectivity index (χ3v) is 5.02. The van der Waals surface area contributed by atoms with E-state index in [1.807, 2.05) is 4.90 Å². The summed E-state index contributed by atoms with van der Waals surface area (Å²) < 4.78 is 5.11. The van der Waals surface area contributed by atoms with Crippen molar-refractivity contribution in [2.75, 3.05) is 29.9 Å². The predicted octanol–water partition coefficient (Wildman–Crippen LogP) is 2.52. The van der Waals surface area contributed by atoms with Gasteiger partial charge in [0, 0.05) is 19.1 Å². The maximum absolute atomic E-state index is 12.1. The van der Waals surface area contributed by atoms with Crippen LogP contribution in [0.15, 0.2) is 6.33 Å². The Bertz CT molecular complexity index is 663. The molecule has 0 bridgehead atoms. The number of carbonyl (C=O) groups is 1. The molecule has 26 heavy (non-hydrogen) atoms. The molecule has 1 aromatic rings. The molecule has 9 heteroatoms. The van der Waals surface area contributed by atoms with Crippen LogP contribution in [0.1, 0.15) is 45.4 Å². The van der Waals surface area contributed by atoms with E-state index in [0.29, 0.717) is 19.7 Å². The van der Waals surface area contributed by atoms with E-state index in [4.69, 9.17) is 4.74 Å². The first-order valence-electron chi connectivity index (χ1n) is 9.27. The van der Waals surface area contributed by atoms with E-state index in [9.17, 15) is 14.9 Å². The van der Waals surface area contributed by atoms with E-state index in [2.05, 4.69) is 15.3 Å². The molecule has 1 atom stereocenters. The number of nitrogens with zero attached hydrogens (tertiary/aromatic N) is 4. The van der Waals surface area contributed by atoms with Crippen LogP contribution in [-0.4, -0.2) is 46.6 Å². The van der Waals surface area contributed by atoms with Crippen LogP contribution in [0.4, 0.5) is 17.3 Å². The fraction of sp³-hybridized carbons (Fsp3) is 0.706. The summed E-state index contributed by atoms with van der Waals surface area (Å²) >= 11 is 0. The van der Waals surface area contributed by atoms with Crippen LogP contribution in [0.25, 0.3) is 0 Å². The molecule has 0 radical (unpaired) electrons. The summed E-state index contributed by atoms with van der Waals surface area (Å²) in [6.07, 6.45) is 7.06. The first-order chi connectivity index (χ1) is 12.6. The zero-order valence-electron chi connectivity index (χ0n) is 15.0. The maximum atomic E-state index is 12.1. The van der Waals surface area contributed by atoms with Gasteiger partial charge in [-0.3, -0.25) is 14.9 Å². The number of ether oxygens (including phenoxy) is 1. The SMILES string of the molecule is CCOC(=O)C1CCCN(c2ncnc(NC3CCCC3)c2[N+](=O)[O-])C1. The van der Waals surface area contributed by atoms with Crippen LogP contribution < -0.4 is 10.2 Å². The van der Waals surface area contributed by atoms with Crippen molar-refractivity contribution in [1.82, 2.24) is 9.97 Å². The Kier molecular flexibility index (Phi) is 5.85. The molecule has 0 spiro atoms. The van der Waals surface area contributed by atoms with Crippen LogP contribution in [-0.2, 0) is 9.53 Å². The van der Waals surface area contributed by atoms with Crippen molar-refractivity contribution in [2.24, 2.45) is 5.92 Å². The van der Waals surface area contributed by atoms with Gasteiger partial charge in [-0.1, -0.05) is 12.8 Å². The molecule has 1 aliphatic carbocycles. The molecule has 0 aromatic carbocycles. The maximum Gasteiger partial charge on any atom is 0.353 e. The number of rotatable bonds is 6. The number of nitro groups is 1. The van der Waals surface area contributed by atoms with Gasteiger partial charge in [-0.25, -0.2) is 9.97 Å². The minimum absolute atomic E-state index is 0.107. The van der Waals surface area contributed by atoms with Gasteiger partial charge in [0.25, 0.3) is 0 Å². The summed E-state index contributed by atoms with van der Waals surface area (Å²) in [6, 6.07) is 0.213. The number of hydrogen-bond donors (Lipinski definition) is 1. The number of hydrogen-bond acceptors (Lipinski definition) is 8. The van der Waals surface area contributed by atoms with Crippen molar-refractivity contribution in [3.63, 3.8) is 0 Å². The molecular formula is C17H25N5O4. The summed E-state index contributed by atoms with van der Waals surface area (Å²) in [5.74, 6) is 0.00683. The average molecular weight is 363 g/mol. The highest BCUT2D eigenvalue weighted by Crippen LogP contribution is 2.35. The van der Waals surface area contributed by atoms with Crippen LogP contribution in [0.2, 0.25) is 0 Å². The fourth-order valence-corrected chi connectivity index (χ4v) is 3.76. The van der Waals surface area contributed by atoms with Gasteiger partial charge in [-0.2, -0.15) is 0 Å². The van der Waals surface area contributed by atoms with E-state index < -0.39 is 4.92 Å². The third-order valence-electron chi connectivity index (χ3n) is 5.02. The quantitative estimate of drug-likeness (QED) is 0.466. The van der Waals surface area contributed by atoms with Crippen LogP contribution in [0, 0.1) is 16.0 Å². The number of piperidine rings is 1. The Balaban J connectivity index is 1.83. The van der Waals surface area contributed by atoms with Gasteiger partial charge in [0.15, 0.2) is 0 Å². The molecule has 142 valence electrons. The lowest BCUT2D eigenvalue weighted by Crippen LogP contribution is -2.40. The van der Waals surface area contributed by atoms with Crippen LogP contribution in [0.3, 0.4) is 0 Å². The Hall–Kier alpha value is -2.45. The fourth-order valence-electron chi connectivity index (χ4n) is 3.76. The molecular weight excluding hydrogens is 338 g/mol. The van der Waals surface area contributed by atoms with Crippen LogP contribution >= 0.6 is 0 Å². The molecule has 0 amide bonds. The molecule has 2 aliphatic rings. The molecule has 1 unspecified atom stereocenters. The first-order valence-corrected chi connectivity index (χ1v) is 9.27. The van der Waals surface area contributed by atoms with Crippen molar-refractivity contribution in [1.29, 1.82) is 0 Å². The lowest BCUT2D eigenvalue weighted by molar-refractivity contribution is -0.383. The Labute approximate surface area is 152 Å². The lowest BCUT2D eigenvalue weighted by Gasteiger charge is -2.32. The lowest BCUT2D eigenvalue weighted by atomic mass is 9.98. The second-order valence-corrected chi connectivity index (χ2v) is 6.81. The van der Waals surface area contributed by atoms with Gasteiger partial charge in [0.1, 0.15) is 6.33 Å². The molecule has 2 heterocycles. The van der Waals surface area contributed by atoms with Crippen molar-refractivity contribution < 1.29 is 14.5 Å². The van der Waals surface area contributed by atoms with Gasteiger partial charge >= 0.3 is 11.7 Å². The van der Waals surface area contributed by atoms with Gasteiger partial charge < -0.3 is 15.0 Å². The molecule has 3 rings (SSSR count). The smallest absolute Gasteiger partial charge is 0.353 e. The number of anilines is 2. The Morgan fingerprint density at radius 3 is 2.81 bits per heavy atom. The number of esters is 1. The number of aromatic nitrogens is 2. The molecule has 1 aromatic heterocycles. The van der Waals surface area contributed by atoms with Crippen molar-refractivity contribution >= 4 is 23.3 Å². The summed E-state index contributed by atoms with van der Waals surface area (Å²) in [5, 5.41) is 15.0. The molecule has 1 saturated carbocycles. The van der Waals surface area contributed by atoms with Gasteiger partial charge in [0.2, 0.25) is 11.6 Å². The minimum Gasteiger partial charge on any atom is -0.466 e. The van der Waals surface area contributed by atoms with Crippen molar-refractivity contribution in [3.05, 3.63) is 16.4 Å². The van der Waals surface area contributed by atoms with Crippen molar-refractivity contribution in [2.45, 2.75) is 51.5 Å². The second kappa shape index (κ2) is 8.29. The third kappa shape index (κ3) is 4.03. The van der Waals surface area contributed by atoms with E-state index in [-0.39, 0.29) is 35.3 Å². The zero-order chi connectivity index (χ0) is 18.5. The number of nitrogens with one attached hydrogen (secondary N) is 1. The highest BCUT2D eigenvalue weighted by Gasteiger charge is 2.33. The highest BCUT2D eigenvalue weighted by atomic mass is 16.6. The van der Waals surface area contributed by atoms with Gasteiger partial charge in [-0.05, 0) is 32.6 Å². The summed E-state index contributed by atoms with van der Waals surface area (Å²) in [7, 11) is 0. The predicted molar refractivity (Wildman–Crippen MR) is 96.1 cm³/mol. The average Bonchev–Trinajstić information content (AvgIpc) is 3.14. The molecule has 1 aliphatic heterocycles. The van der Waals surface area contributed by atoms with Crippen molar-refractivity contribution in [3.8, 4) is 0 Å². The summed E-state index contributed by atoms with van der Waals surface area (Å²) in [5.41, 5.74) is -0.107. The number of carbonyl (C=O) groups excluding carboxylic acids is 1. The Morgan fingerprint density at radius 2 is 2.12 bits per heavy atom. The van der Waals surface area contributed by atoms with E-state index in [0.717, 1.165) is 38.5 Å². The van der Waals surface area contributed by atoms with Gasteiger partial charge in [-0.15, -0.1) is 0 Å². The van der Waals surface area contributed by atoms with Gasteiger partial charge in [0.05, 0.1) is 17.4 Å². The topological polar surface area (TPSA) is 110 Å². The summed E-state index contributed by atoms with van der Waals surface area (Å²) in [6.45, 7) is 3.10. The standard InChI is InChI=1S/C17H25N5O4/c1-2-26-17(23)12-6-5-9-21(10-12)16-14(22(24)25)15(18-11-19-16)20-13-7-3-4-8-13/h11-13H,2-10H2,1H3,(H,18,19,20). The monoisotopic (exact) mass is 363 g/mol. The largest absolute Gasteiger partial charge is 0.466 e.